The van der Waals surface area contributed by atoms with Crippen LogP contribution in [0.5, 0.6) is 0 Å². The number of benzene rings is 2. The first kappa shape index (κ1) is 18.1. The maximum atomic E-state index is 13.5. The van der Waals surface area contributed by atoms with Gasteiger partial charge in [-0.2, -0.15) is 0 Å². The van der Waals surface area contributed by atoms with E-state index in [2.05, 4.69) is 4.72 Å². The van der Waals surface area contributed by atoms with Crippen molar-refractivity contribution in [1.29, 1.82) is 0 Å². The fraction of sp³-hybridized carbons (Fsp3) is 0.143. The van der Waals surface area contributed by atoms with Crippen molar-refractivity contribution in [2.24, 2.45) is 0 Å². The standard InChI is InChI=1S/C14H10Cl2F3NO2S/c15-9-2-1-8(7-10(9)16)5-6-20-23(21,22)12-4-3-11(17)13(18)14(12)19/h1-4,7,20H,5-6H2. The zero-order valence-electron chi connectivity index (χ0n) is 11.4. The molecule has 0 bridgehead atoms. The molecule has 0 unspecified atom stereocenters. The average molecular weight is 384 g/mol. The highest BCUT2D eigenvalue weighted by molar-refractivity contribution is 7.89. The molecular formula is C14H10Cl2F3NO2S. The summed E-state index contributed by atoms with van der Waals surface area (Å²) in [5.41, 5.74) is 0.702. The molecular weight excluding hydrogens is 374 g/mol. The van der Waals surface area contributed by atoms with Gasteiger partial charge in [0.05, 0.1) is 10.0 Å². The Balaban J connectivity index is 2.10. The molecule has 23 heavy (non-hydrogen) atoms. The third kappa shape index (κ3) is 4.17. The van der Waals surface area contributed by atoms with E-state index in [0.29, 0.717) is 27.7 Å². The van der Waals surface area contributed by atoms with Crippen molar-refractivity contribution in [2.45, 2.75) is 11.3 Å². The van der Waals surface area contributed by atoms with Gasteiger partial charge in [-0.1, -0.05) is 29.3 Å². The molecule has 0 fully saturated rings. The van der Waals surface area contributed by atoms with E-state index in [1.54, 1.807) is 18.2 Å². The Morgan fingerprint density at radius 1 is 0.957 bits per heavy atom. The summed E-state index contributed by atoms with van der Waals surface area (Å²) in [6.07, 6.45) is 0.251. The van der Waals surface area contributed by atoms with Crippen LogP contribution in [0.2, 0.25) is 10.0 Å². The summed E-state index contributed by atoms with van der Waals surface area (Å²) < 4.78 is 65.5. The lowest BCUT2D eigenvalue weighted by molar-refractivity contribution is 0.431. The van der Waals surface area contributed by atoms with Gasteiger partial charge in [0, 0.05) is 6.54 Å². The molecule has 2 rings (SSSR count). The Kier molecular flexibility index (Phi) is 5.57. The summed E-state index contributed by atoms with van der Waals surface area (Å²) in [7, 11) is -4.31. The Hall–Kier alpha value is -1.28. The predicted molar refractivity (Wildman–Crippen MR) is 81.7 cm³/mol. The molecule has 0 amide bonds. The molecule has 1 N–H and O–H groups in total. The van der Waals surface area contributed by atoms with Crippen molar-refractivity contribution < 1.29 is 21.6 Å². The molecule has 9 heteroatoms. The van der Waals surface area contributed by atoms with Gasteiger partial charge in [0.25, 0.3) is 0 Å². The zero-order chi connectivity index (χ0) is 17.2. The lowest BCUT2D eigenvalue weighted by Gasteiger charge is -2.09. The molecule has 0 aromatic heterocycles. The summed E-state index contributed by atoms with van der Waals surface area (Å²) in [5, 5.41) is 0.679. The number of hydrogen-bond acceptors (Lipinski definition) is 2. The van der Waals surface area contributed by atoms with E-state index in [9.17, 15) is 21.6 Å². The Labute approximate surface area is 141 Å². The number of sulfonamides is 1. The number of halogens is 5. The Morgan fingerprint density at radius 2 is 1.65 bits per heavy atom. The van der Waals surface area contributed by atoms with Crippen LogP contribution in [0.4, 0.5) is 13.2 Å². The fourth-order valence-electron chi connectivity index (χ4n) is 1.82. The molecule has 124 valence electrons. The maximum absolute atomic E-state index is 13.5. The van der Waals surface area contributed by atoms with Crippen LogP contribution in [0.15, 0.2) is 35.2 Å². The van der Waals surface area contributed by atoms with Crippen molar-refractivity contribution in [3.63, 3.8) is 0 Å². The normalized spacial score (nSPS) is 11.7. The van der Waals surface area contributed by atoms with Crippen LogP contribution in [0, 0.1) is 17.5 Å². The minimum atomic E-state index is -4.31. The van der Waals surface area contributed by atoms with Crippen LogP contribution < -0.4 is 4.72 Å². The fourth-order valence-corrected chi connectivity index (χ4v) is 3.24. The minimum absolute atomic E-state index is 0.0846. The van der Waals surface area contributed by atoms with E-state index in [1.165, 1.54) is 0 Å². The van der Waals surface area contributed by atoms with Crippen molar-refractivity contribution in [3.8, 4) is 0 Å². The van der Waals surface area contributed by atoms with Crippen LogP contribution >= 0.6 is 23.2 Å². The topological polar surface area (TPSA) is 46.2 Å². The van der Waals surface area contributed by atoms with E-state index in [1.807, 2.05) is 0 Å². The van der Waals surface area contributed by atoms with Gasteiger partial charge in [0.15, 0.2) is 17.5 Å². The molecule has 2 aromatic rings. The number of rotatable bonds is 5. The molecule has 0 atom stereocenters. The highest BCUT2D eigenvalue weighted by Gasteiger charge is 2.23. The molecule has 2 aromatic carbocycles. The van der Waals surface area contributed by atoms with Crippen LogP contribution in [0.3, 0.4) is 0 Å². The highest BCUT2D eigenvalue weighted by atomic mass is 35.5. The maximum Gasteiger partial charge on any atom is 0.243 e. The molecule has 3 nitrogen and oxygen atoms in total. The third-order valence-corrected chi connectivity index (χ3v) is 5.20. The second kappa shape index (κ2) is 7.09. The number of nitrogens with one attached hydrogen (secondary N) is 1. The van der Waals surface area contributed by atoms with Crippen LogP contribution in [-0.4, -0.2) is 15.0 Å². The van der Waals surface area contributed by atoms with E-state index in [4.69, 9.17) is 23.2 Å². The van der Waals surface area contributed by atoms with Crippen LogP contribution in [0.1, 0.15) is 5.56 Å². The first-order valence-corrected chi connectivity index (χ1v) is 8.53. The van der Waals surface area contributed by atoms with Gasteiger partial charge in [-0.15, -0.1) is 0 Å². The van der Waals surface area contributed by atoms with Gasteiger partial charge in [-0.25, -0.2) is 26.3 Å². The van der Waals surface area contributed by atoms with Crippen molar-refractivity contribution in [1.82, 2.24) is 4.72 Å². The summed E-state index contributed by atoms with van der Waals surface area (Å²) in [5.74, 6) is -5.05. The van der Waals surface area contributed by atoms with Gasteiger partial charge in [-0.05, 0) is 36.2 Å². The molecule has 0 heterocycles. The van der Waals surface area contributed by atoms with E-state index >= 15 is 0 Å². The first-order valence-electron chi connectivity index (χ1n) is 6.29. The Bertz CT molecular complexity index is 844. The molecule has 0 saturated heterocycles. The van der Waals surface area contributed by atoms with E-state index in [-0.39, 0.29) is 13.0 Å². The monoisotopic (exact) mass is 383 g/mol. The minimum Gasteiger partial charge on any atom is -0.211 e. The average Bonchev–Trinajstić information content (AvgIpc) is 2.48. The largest absolute Gasteiger partial charge is 0.243 e. The van der Waals surface area contributed by atoms with Gasteiger partial charge >= 0.3 is 0 Å². The van der Waals surface area contributed by atoms with Gasteiger partial charge < -0.3 is 0 Å². The van der Waals surface area contributed by atoms with Crippen molar-refractivity contribution in [2.75, 3.05) is 6.54 Å². The lowest BCUT2D eigenvalue weighted by Crippen LogP contribution is -2.27. The summed E-state index contributed by atoms with van der Waals surface area (Å²) >= 11 is 11.6. The second-order valence-corrected chi connectivity index (χ2v) is 7.12. The van der Waals surface area contributed by atoms with Crippen LogP contribution in [0.25, 0.3) is 0 Å². The third-order valence-electron chi connectivity index (χ3n) is 2.98. The lowest BCUT2D eigenvalue weighted by atomic mass is 10.1. The molecule has 0 radical (unpaired) electrons. The summed E-state index contributed by atoms with van der Waals surface area (Å²) in [6.45, 7) is -0.0846. The number of hydrogen-bond donors (Lipinski definition) is 1. The van der Waals surface area contributed by atoms with E-state index in [0.717, 1.165) is 0 Å². The van der Waals surface area contributed by atoms with E-state index < -0.39 is 32.4 Å². The molecule has 0 aliphatic rings. The molecule has 0 aliphatic carbocycles. The molecule has 0 spiro atoms. The zero-order valence-corrected chi connectivity index (χ0v) is 13.7. The molecule has 0 saturated carbocycles. The first-order chi connectivity index (χ1) is 10.7. The predicted octanol–water partition coefficient (Wildman–Crippen LogP) is 3.93. The summed E-state index contributed by atoms with van der Waals surface area (Å²) in [6, 6.07) is 5.99. The molecule has 0 aliphatic heterocycles. The quantitative estimate of drug-likeness (QED) is 0.795. The van der Waals surface area contributed by atoms with Crippen molar-refractivity contribution >= 4 is 33.2 Å². The van der Waals surface area contributed by atoms with Gasteiger partial charge in [-0.3, -0.25) is 0 Å². The highest BCUT2D eigenvalue weighted by Crippen LogP contribution is 2.23. The summed E-state index contributed by atoms with van der Waals surface area (Å²) in [4.78, 5) is -0.953. The van der Waals surface area contributed by atoms with Crippen molar-refractivity contribution in [3.05, 3.63) is 63.4 Å². The van der Waals surface area contributed by atoms with Gasteiger partial charge in [0.1, 0.15) is 4.90 Å². The smallest absolute Gasteiger partial charge is 0.211 e. The van der Waals surface area contributed by atoms with Gasteiger partial charge in [0.2, 0.25) is 10.0 Å². The second-order valence-electron chi connectivity index (χ2n) is 4.57. The Morgan fingerprint density at radius 3 is 2.30 bits per heavy atom. The SMILES string of the molecule is O=S(=O)(NCCc1ccc(Cl)c(Cl)c1)c1ccc(F)c(F)c1F. The van der Waals surface area contributed by atoms with Crippen LogP contribution in [-0.2, 0) is 16.4 Å².